The first-order valence-electron chi connectivity index (χ1n) is 7.30. The molecule has 0 spiro atoms. The minimum Gasteiger partial charge on any atom is -0.497 e. The van der Waals surface area contributed by atoms with Crippen LogP contribution < -0.4 is 10.5 Å². The second-order valence-electron chi connectivity index (χ2n) is 4.96. The molecular formula is C16H25NO5Si. The van der Waals surface area contributed by atoms with E-state index < -0.39 is 14.7 Å². The van der Waals surface area contributed by atoms with Gasteiger partial charge < -0.3 is 23.7 Å². The molecule has 1 aromatic rings. The van der Waals surface area contributed by atoms with E-state index in [0.717, 1.165) is 11.3 Å². The summed E-state index contributed by atoms with van der Waals surface area (Å²) >= 11 is 0. The third-order valence-electron chi connectivity index (χ3n) is 3.64. The van der Waals surface area contributed by atoms with Crippen LogP contribution in [0.3, 0.4) is 0 Å². The molecule has 0 unspecified atom stereocenters. The number of rotatable bonds is 10. The molecule has 0 radical (unpaired) electrons. The van der Waals surface area contributed by atoms with Gasteiger partial charge in [-0.25, -0.2) is 0 Å². The number of ether oxygens (including phenoxy) is 1. The minimum atomic E-state index is -2.62. The zero-order valence-electron chi connectivity index (χ0n) is 14.1. The number of primary amides is 1. The summed E-state index contributed by atoms with van der Waals surface area (Å²) in [6.07, 6.45) is 3.01. The fourth-order valence-corrected chi connectivity index (χ4v) is 3.94. The molecule has 23 heavy (non-hydrogen) atoms. The molecule has 0 bridgehead atoms. The zero-order valence-corrected chi connectivity index (χ0v) is 15.1. The molecule has 0 aliphatic rings. The van der Waals surface area contributed by atoms with E-state index in [1.165, 1.54) is 0 Å². The van der Waals surface area contributed by atoms with E-state index in [0.29, 0.717) is 24.5 Å². The third kappa shape index (κ3) is 5.79. The van der Waals surface area contributed by atoms with Gasteiger partial charge in [-0.3, -0.25) is 4.79 Å². The van der Waals surface area contributed by atoms with Crippen molar-refractivity contribution < 1.29 is 22.8 Å². The topological polar surface area (TPSA) is 80.0 Å². The lowest BCUT2D eigenvalue weighted by Crippen LogP contribution is -2.42. The number of methoxy groups -OCH3 is 1. The molecule has 0 saturated carbocycles. The quantitative estimate of drug-likeness (QED) is 0.522. The molecule has 0 aliphatic heterocycles. The van der Waals surface area contributed by atoms with Gasteiger partial charge in [-0.2, -0.15) is 0 Å². The second-order valence-corrected chi connectivity index (χ2v) is 8.05. The van der Waals surface area contributed by atoms with Crippen LogP contribution in [-0.4, -0.2) is 43.2 Å². The van der Waals surface area contributed by atoms with Gasteiger partial charge in [0.1, 0.15) is 5.75 Å². The Kier molecular flexibility index (Phi) is 7.97. The normalized spacial score (nSPS) is 12.3. The van der Waals surface area contributed by atoms with Gasteiger partial charge in [0.25, 0.3) is 0 Å². The molecule has 1 amide bonds. The predicted molar refractivity (Wildman–Crippen MR) is 91.0 cm³/mol. The van der Waals surface area contributed by atoms with Gasteiger partial charge in [0.2, 0.25) is 5.91 Å². The molecule has 128 valence electrons. The average molecular weight is 339 g/mol. The summed E-state index contributed by atoms with van der Waals surface area (Å²) in [5, 5.41) is 0. The van der Waals surface area contributed by atoms with Crippen molar-refractivity contribution in [1.82, 2.24) is 0 Å². The first-order valence-corrected chi connectivity index (χ1v) is 9.23. The molecule has 0 aromatic heterocycles. The van der Waals surface area contributed by atoms with Crippen LogP contribution in [0.2, 0.25) is 6.04 Å². The fraction of sp³-hybridized carbons (Fsp3) is 0.438. The van der Waals surface area contributed by atoms with Gasteiger partial charge >= 0.3 is 8.80 Å². The van der Waals surface area contributed by atoms with Crippen molar-refractivity contribution in [3.8, 4) is 5.75 Å². The summed E-state index contributed by atoms with van der Waals surface area (Å²) in [7, 11) is 3.70. The summed E-state index contributed by atoms with van der Waals surface area (Å²) in [5.41, 5.74) is 6.93. The highest BCUT2D eigenvalue weighted by Gasteiger charge is 2.36. The molecule has 0 fully saturated rings. The van der Waals surface area contributed by atoms with Gasteiger partial charge in [0.05, 0.1) is 7.11 Å². The van der Waals surface area contributed by atoms with Gasteiger partial charge in [0, 0.05) is 32.9 Å². The molecular weight excluding hydrogens is 314 g/mol. The Morgan fingerprint density at radius 3 is 2.09 bits per heavy atom. The summed E-state index contributed by atoms with van der Waals surface area (Å²) in [6, 6.07) is 8.04. The molecule has 0 atom stereocenters. The Morgan fingerprint density at radius 1 is 1.09 bits per heavy atom. The second kappa shape index (κ2) is 9.46. The molecule has 2 N–H and O–H groups in total. The highest BCUT2D eigenvalue weighted by atomic mass is 28.4. The minimum absolute atomic E-state index is 0.430. The third-order valence-corrected chi connectivity index (χ3v) is 6.47. The van der Waals surface area contributed by atoms with E-state index in [4.69, 9.17) is 23.7 Å². The van der Waals surface area contributed by atoms with Crippen LogP contribution in [0, 0.1) is 0 Å². The van der Waals surface area contributed by atoms with Crippen LogP contribution in [0.5, 0.6) is 5.75 Å². The lowest BCUT2D eigenvalue weighted by atomic mass is 10.1. The van der Waals surface area contributed by atoms with Crippen molar-refractivity contribution in [3.63, 3.8) is 0 Å². The SMILES string of the molecule is COc1ccc(C=C(CCC[Si](OC)(OC)OC)C(N)=O)cc1. The summed E-state index contributed by atoms with van der Waals surface area (Å²) in [6.45, 7) is 0. The van der Waals surface area contributed by atoms with Crippen molar-refractivity contribution >= 4 is 20.8 Å². The van der Waals surface area contributed by atoms with Crippen LogP contribution in [0.15, 0.2) is 29.8 Å². The Balaban J connectivity index is 2.75. The van der Waals surface area contributed by atoms with E-state index in [1.807, 2.05) is 24.3 Å². The number of benzene rings is 1. The highest BCUT2D eigenvalue weighted by molar-refractivity contribution is 6.60. The molecule has 6 nitrogen and oxygen atoms in total. The highest BCUT2D eigenvalue weighted by Crippen LogP contribution is 2.21. The summed E-state index contributed by atoms with van der Waals surface area (Å²) in [4.78, 5) is 11.6. The van der Waals surface area contributed by atoms with Crippen molar-refractivity contribution in [2.75, 3.05) is 28.4 Å². The monoisotopic (exact) mass is 339 g/mol. The van der Waals surface area contributed by atoms with Crippen LogP contribution >= 0.6 is 0 Å². The Bertz CT molecular complexity index is 518. The lowest BCUT2D eigenvalue weighted by molar-refractivity contribution is -0.114. The predicted octanol–water partition coefficient (Wildman–Crippen LogP) is 2.22. The van der Waals surface area contributed by atoms with E-state index in [2.05, 4.69) is 0 Å². The summed E-state index contributed by atoms with van der Waals surface area (Å²) < 4.78 is 21.2. The van der Waals surface area contributed by atoms with E-state index in [9.17, 15) is 4.79 Å². The maximum atomic E-state index is 11.6. The molecule has 7 heteroatoms. The van der Waals surface area contributed by atoms with Gasteiger partial charge in [-0.1, -0.05) is 12.1 Å². The maximum Gasteiger partial charge on any atom is 0.500 e. The van der Waals surface area contributed by atoms with E-state index in [1.54, 1.807) is 34.5 Å². The van der Waals surface area contributed by atoms with Crippen molar-refractivity contribution in [2.24, 2.45) is 5.73 Å². The van der Waals surface area contributed by atoms with Crippen LogP contribution in [0.4, 0.5) is 0 Å². The summed E-state index contributed by atoms with van der Waals surface area (Å²) in [5.74, 6) is 0.333. The zero-order chi connectivity index (χ0) is 17.3. The largest absolute Gasteiger partial charge is 0.500 e. The number of carbonyl (C=O) groups is 1. The van der Waals surface area contributed by atoms with Crippen LogP contribution in [0.1, 0.15) is 18.4 Å². The first-order chi connectivity index (χ1) is 11.0. The van der Waals surface area contributed by atoms with Gasteiger partial charge in [0.15, 0.2) is 0 Å². The lowest BCUT2D eigenvalue weighted by Gasteiger charge is -2.24. The average Bonchev–Trinajstić information content (AvgIpc) is 2.58. The number of hydrogen-bond donors (Lipinski definition) is 1. The van der Waals surface area contributed by atoms with Gasteiger partial charge in [-0.15, -0.1) is 0 Å². The van der Waals surface area contributed by atoms with E-state index in [-0.39, 0.29) is 0 Å². The standard InChI is InChI=1S/C16H25NO5Si/c1-19-15-9-7-13(8-10-15)12-14(16(17)18)6-5-11-23(20-2,21-3)22-4/h7-10,12H,5-6,11H2,1-4H3,(H2,17,18). The van der Waals surface area contributed by atoms with Gasteiger partial charge in [-0.05, 0) is 36.6 Å². The Morgan fingerprint density at radius 2 is 1.65 bits per heavy atom. The van der Waals surface area contributed by atoms with E-state index >= 15 is 0 Å². The Labute approximate surface area is 138 Å². The number of nitrogens with two attached hydrogens (primary N) is 1. The van der Waals surface area contributed by atoms with Crippen molar-refractivity contribution in [3.05, 3.63) is 35.4 Å². The molecule has 1 rings (SSSR count). The number of amides is 1. The molecule has 0 aliphatic carbocycles. The van der Waals surface area contributed by atoms with Crippen molar-refractivity contribution in [2.45, 2.75) is 18.9 Å². The first kappa shape index (κ1) is 19.4. The maximum absolute atomic E-state index is 11.6. The number of carbonyl (C=O) groups excluding carboxylic acids is 1. The van der Waals surface area contributed by atoms with Crippen LogP contribution in [-0.2, 0) is 18.1 Å². The molecule has 0 heterocycles. The Hall–Kier alpha value is -1.67. The molecule has 0 saturated heterocycles. The smallest absolute Gasteiger partial charge is 0.497 e. The fourth-order valence-electron chi connectivity index (χ4n) is 2.22. The number of hydrogen-bond acceptors (Lipinski definition) is 5. The van der Waals surface area contributed by atoms with Crippen LogP contribution in [0.25, 0.3) is 6.08 Å². The molecule has 1 aromatic carbocycles. The van der Waals surface area contributed by atoms with Crippen molar-refractivity contribution in [1.29, 1.82) is 0 Å².